The van der Waals surface area contributed by atoms with Gasteiger partial charge in [-0.2, -0.15) is 0 Å². The van der Waals surface area contributed by atoms with Crippen LogP contribution < -0.4 is 20.4 Å². The number of amides is 4. The second-order valence-corrected chi connectivity index (χ2v) is 19.7. The van der Waals surface area contributed by atoms with Crippen LogP contribution in [-0.4, -0.2) is 90.5 Å². The summed E-state index contributed by atoms with van der Waals surface area (Å²) in [6.07, 6.45) is 5.15. The highest BCUT2D eigenvalue weighted by molar-refractivity contribution is 6.62. The summed E-state index contributed by atoms with van der Waals surface area (Å²) < 4.78 is 5.63. The number of halogens is 1. The lowest BCUT2D eigenvalue weighted by Crippen LogP contribution is -2.51. The van der Waals surface area contributed by atoms with Gasteiger partial charge in [-0.25, -0.2) is 4.79 Å². The van der Waals surface area contributed by atoms with Gasteiger partial charge in [0, 0.05) is 75.6 Å². The van der Waals surface area contributed by atoms with Crippen molar-refractivity contribution in [2.24, 2.45) is 0 Å². The Morgan fingerprint density at radius 1 is 0.594 bits per heavy atom. The Labute approximate surface area is 408 Å². The second kappa shape index (κ2) is 18.5. The minimum absolute atomic E-state index is 0.0829. The van der Waals surface area contributed by atoms with Crippen molar-refractivity contribution in [2.75, 3.05) is 50.1 Å². The average molecular weight is 948 g/mol. The predicted molar refractivity (Wildman–Crippen MR) is 271 cm³/mol. The van der Waals surface area contributed by atoms with Crippen LogP contribution in [0, 0.1) is 0 Å². The molecule has 12 rings (SSSR count). The van der Waals surface area contributed by atoms with E-state index in [-0.39, 0.29) is 23.9 Å². The van der Waals surface area contributed by atoms with E-state index < -0.39 is 22.7 Å². The van der Waals surface area contributed by atoms with Crippen LogP contribution >= 0.6 is 11.6 Å². The molecule has 12 nitrogen and oxygen atoms in total. The number of piperidine rings is 2. The summed E-state index contributed by atoms with van der Waals surface area (Å²) in [7, 11) is 2.97. The van der Waals surface area contributed by atoms with Crippen LogP contribution in [0.2, 0.25) is 0 Å². The maximum Gasteiger partial charge on any atom is 0.408 e. The van der Waals surface area contributed by atoms with Gasteiger partial charge in [-0.3, -0.25) is 24.2 Å². The lowest BCUT2D eigenvalue weighted by atomic mass is 9.97. The number of carbonyl (C=O) groups is 4. The molecule has 0 saturated carbocycles. The van der Waals surface area contributed by atoms with Crippen molar-refractivity contribution in [3.63, 3.8) is 0 Å². The van der Waals surface area contributed by atoms with Gasteiger partial charge in [-0.1, -0.05) is 109 Å². The van der Waals surface area contributed by atoms with Crippen LogP contribution in [0.5, 0.6) is 0 Å². The zero-order valence-electron chi connectivity index (χ0n) is 39.6. The van der Waals surface area contributed by atoms with Crippen molar-refractivity contribution in [3.8, 4) is 0 Å². The first kappa shape index (κ1) is 46.4. The number of nitrogens with one attached hydrogen (secondary N) is 2. The summed E-state index contributed by atoms with van der Waals surface area (Å²) in [6.45, 7) is 7.12. The number of hydrogen-bond donors (Lipinski definition) is 3. The van der Waals surface area contributed by atoms with Gasteiger partial charge in [0.1, 0.15) is 0 Å². The Bertz CT molecular complexity index is 2970. The average Bonchev–Trinajstić information content (AvgIpc) is 4.06. The third-order valence-corrected chi connectivity index (χ3v) is 15.7. The van der Waals surface area contributed by atoms with Crippen molar-refractivity contribution < 1.29 is 29.0 Å². The Morgan fingerprint density at radius 3 is 1.48 bits per heavy atom. The summed E-state index contributed by atoms with van der Waals surface area (Å²) in [5.74, 6) is -0.339. The van der Waals surface area contributed by atoms with Crippen molar-refractivity contribution in [3.05, 3.63) is 155 Å². The second-order valence-electron chi connectivity index (χ2n) is 19.4. The first-order valence-electron chi connectivity index (χ1n) is 24.2. The van der Waals surface area contributed by atoms with Crippen molar-refractivity contribution in [1.82, 2.24) is 20.4 Å². The van der Waals surface area contributed by atoms with Crippen LogP contribution in [0.4, 0.5) is 21.0 Å². The third-order valence-electron chi connectivity index (χ3n) is 15.5. The monoisotopic (exact) mass is 946 g/mol. The number of para-hydroxylation sites is 2. The van der Waals surface area contributed by atoms with E-state index in [1.165, 1.54) is 57.9 Å². The summed E-state index contributed by atoms with van der Waals surface area (Å²) in [4.78, 5) is 57.2. The lowest BCUT2D eigenvalue weighted by molar-refractivity contribution is -0.135. The molecule has 4 aliphatic heterocycles. The number of rotatable bonds is 5. The van der Waals surface area contributed by atoms with E-state index in [4.69, 9.17) is 16.3 Å². The third kappa shape index (κ3) is 8.10. The summed E-state index contributed by atoms with van der Waals surface area (Å²) in [5.41, 5.74) is 6.26. The summed E-state index contributed by atoms with van der Waals surface area (Å²) in [6, 6.07) is 43.0. The van der Waals surface area contributed by atoms with Crippen molar-refractivity contribution in [1.29, 1.82) is 0 Å². The number of alkyl carbamates (subject to hydrolysis) is 1. The molecule has 4 heterocycles. The van der Waals surface area contributed by atoms with E-state index in [0.29, 0.717) is 12.1 Å². The fraction of sp³-hybridized carbons (Fsp3) is 0.357. The van der Waals surface area contributed by atoms with E-state index in [0.717, 1.165) is 87.2 Å². The number of nitrogens with zero attached hydrogens (tertiary/aromatic N) is 4. The first-order valence-corrected chi connectivity index (χ1v) is 24.6. The van der Waals surface area contributed by atoms with Gasteiger partial charge < -0.3 is 30.3 Å². The molecule has 0 aromatic heterocycles. The molecule has 2 saturated heterocycles. The number of anilines is 2. The minimum Gasteiger partial charge on any atom is -0.428 e. The molecule has 3 N–H and O–H groups in total. The molecular formula is C56H59ClN6O6. The number of benzene rings is 6. The topological polar surface area (TPSA) is 135 Å². The molecule has 356 valence electrons. The van der Waals surface area contributed by atoms with Crippen LogP contribution in [0.3, 0.4) is 0 Å². The Kier molecular flexibility index (Phi) is 12.5. The highest BCUT2D eigenvalue weighted by atomic mass is 35.5. The predicted octanol–water partition coefficient (Wildman–Crippen LogP) is 9.24. The van der Waals surface area contributed by atoms with Gasteiger partial charge in [-0.15, -0.1) is 0 Å². The Hall–Kier alpha value is -6.31. The zero-order chi connectivity index (χ0) is 48.2. The van der Waals surface area contributed by atoms with E-state index in [1.54, 1.807) is 13.8 Å². The van der Waals surface area contributed by atoms with Gasteiger partial charge in [-0.05, 0) is 120 Å². The highest BCUT2D eigenvalue weighted by Gasteiger charge is 2.53. The number of ether oxygens (including phenoxy) is 1. The maximum absolute atomic E-state index is 13.7. The molecule has 4 atom stereocenters. The number of aliphatic hydroxyl groups is 1. The Balaban J connectivity index is 0.000000147. The van der Waals surface area contributed by atoms with E-state index >= 15 is 0 Å². The summed E-state index contributed by atoms with van der Waals surface area (Å²) >= 11 is 4.71. The van der Waals surface area contributed by atoms with Gasteiger partial charge in [0.15, 0.2) is 5.60 Å². The van der Waals surface area contributed by atoms with E-state index in [1.807, 2.05) is 58.3 Å². The molecule has 0 bridgehead atoms. The van der Waals surface area contributed by atoms with Crippen molar-refractivity contribution >= 4 is 67.8 Å². The normalized spacial score (nSPS) is 24.1. The number of hydrogen-bond acceptors (Lipinski definition) is 8. The fourth-order valence-corrected chi connectivity index (χ4v) is 12.2. The molecule has 4 amide bonds. The maximum atomic E-state index is 13.7. The molecule has 6 aromatic rings. The standard InChI is InChI=1S/C28H29N3O3.C26H26N2O2.C2H4ClNO/c1-28(34-27(33)29-2)22-11-3-4-12-23(22)31(26(28)32)20-13-15-30(16-14-20)24-17-19-9-5-7-18-8-6-10-21(24)25(18)19;1-26(30)21-10-2-3-11-22(21)28(25(26)29)19-12-14-27(15-13-19)23-16-18-8-4-6-17-7-5-9-20(23)24(17)18;1-4-2(3)5/h3-12,20,24H,13-17H2,1-2H3,(H,29,33);2-11,19,23,30H,12-16H2,1H3;1H3,(H,4,5). The van der Waals surface area contributed by atoms with Gasteiger partial charge in [0.05, 0.1) is 11.4 Å². The van der Waals surface area contributed by atoms with Crippen LogP contribution in [-0.2, 0) is 38.4 Å². The number of likely N-dealkylation sites (tertiary alicyclic amines) is 2. The van der Waals surface area contributed by atoms with Crippen molar-refractivity contribution in [2.45, 2.75) is 87.7 Å². The van der Waals surface area contributed by atoms with Crippen LogP contribution in [0.1, 0.15) is 85.0 Å². The molecule has 0 spiro atoms. The molecule has 13 heteroatoms. The molecule has 69 heavy (non-hydrogen) atoms. The number of carbonyl (C=O) groups excluding carboxylic acids is 4. The SMILES string of the molecule is CC1(O)C(=O)N(C2CCN(C3Cc4cccc5cccc3c45)CC2)c2ccccc21.CNC(=O)Cl.CNC(=O)OC1(C)C(=O)N(C2CCN(C3Cc4cccc5cccc3c45)CC2)c2ccccc21. The molecule has 6 aliphatic rings. The molecule has 2 aliphatic carbocycles. The van der Waals surface area contributed by atoms with Crippen LogP contribution in [0.15, 0.2) is 121 Å². The largest absolute Gasteiger partial charge is 0.428 e. The zero-order valence-corrected chi connectivity index (χ0v) is 40.3. The molecule has 6 aromatic carbocycles. The van der Waals surface area contributed by atoms with E-state index in [2.05, 4.69) is 93.2 Å². The Morgan fingerprint density at radius 2 is 1.01 bits per heavy atom. The quantitative estimate of drug-likeness (QED) is 0.115. The lowest BCUT2D eigenvalue weighted by Gasteiger charge is -2.40. The first-order chi connectivity index (χ1) is 33.3. The summed E-state index contributed by atoms with van der Waals surface area (Å²) in [5, 5.41) is 20.4. The van der Waals surface area contributed by atoms with Gasteiger partial charge >= 0.3 is 11.5 Å². The van der Waals surface area contributed by atoms with Crippen LogP contribution in [0.25, 0.3) is 21.5 Å². The highest BCUT2D eigenvalue weighted by Crippen LogP contribution is 2.48. The smallest absolute Gasteiger partial charge is 0.408 e. The molecule has 2 fully saturated rings. The molecular weight excluding hydrogens is 888 g/mol. The van der Waals surface area contributed by atoms with E-state index in [9.17, 15) is 24.3 Å². The number of fused-ring (bicyclic) bond motifs is 2. The van der Waals surface area contributed by atoms with Gasteiger partial charge in [0.25, 0.3) is 11.8 Å². The minimum atomic E-state index is -1.42. The fourth-order valence-electron chi connectivity index (χ4n) is 12.2. The van der Waals surface area contributed by atoms with Gasteiger partial charge in [0.2, 0.25) is 5.60 Å². The molecule has 4 unspecified atom stereocenters. The molecule has 0 radical (unpaired) electrons.